The number of nitrogens with zero attached hydrogens (tertiary/aromatic N) is 1. The maximum atomic E-state index is 12.5. The van der Waals surface area contributed by atoms with E-state index in [1.807, 2.05) is 11.0 Å². The maximum absolute atomic E-state index is 12.5. The van der Waals surface area contributed by atoms with Gasteiger partial charge in [0.05, 0.1) is 10.6 Å². The molecule has 0 bridgehead atoms. The van der Waals surface area contributed by atoms with E-state index in [4.69, 9.17) is 11.6 Å². The molecule has 3 rings (SSSR count). The number of halogens is 2. The summed E-state index contributed by atoms with van der Waals surface area (Å²) in [6.45, 7) is 3.80. The molecule has 1 spiro atoms. The molecule has 19 heavy (non-hydrogen) atoms. The topological polar surface area (TPSA) is 32.3 Å². The van der Waals surface area contributed by atoms with E-state index in [9.17, 15) is 4.79 Å². The molecule has 2 aliphatic rings. The monoisotopic (exact) mass is 342 g/mol. The van der Waals surface area contributed by atoms with Gasteiger partial charge < -0.3 is 10.2 Å². The van der Waals surface area contributed by atoms with Gasteiger partial charge in [-0.25, -0.2) is 0 Å². The second-order valence-corrected chi connectivity index (χ2v) is 6.85. The van der Waals surface area contributed by atoms with Crippen LogP contribution < -0.4 is 5.32 Å². The third-order valence-electron chi connectivity index (χ3n) is 4.22. The highest BCUT2D eigenvalue weighted by Crippen LogP contribution is 2.37. The molecule has 1 N–H and O–H groups in total. The van der Waals surface area contributed by atoms with Crippen molar-refractivity contribution >= 4 is 33.4 Å². The average molecular weight is 344 g/mol. The fourth-order valence-corrected chi connectivity index (χ4v) is 3.84. The van der Waals surface area contributed by atoms with Gasteiger partial charge >= 0.3 is 0 Å². The summed E-state index contributed by atoms with van der Waals surface area (Å²) in [6.07, 6.45) is 2.27. The molecule has 0 aliphatic carbocycles. The van der Waals surface area contributed by atoms with Gasteiger partial charge in [-0.1, -0.05) is 27.5 Å². The van der Waals surface area contributed by atoms with Crippen molar-refractivity contribution in [1.82, 2.24) is 10.2 Å². The molecule has 1 atom stereocenters. The SMILES string of the molecule is O=C(c1ccc(Br)cc1Cl)N1CCC2(CCNC2)C1. The van der Waals surface area contributed by atoms with E-state index in [1.165, 1.54) is 6.42 Å². The lowest BCUT2D eigenvalue weighted by atomic mass is 9.86. The molecular formula is C14H16BrClN2O. The molecule has 3 nitrogen and oxygen atoms in total. The number of likely N-dealkylation sites (tertiary alicyclic amines) is 1. The van der Waals surface area contributed by atoms with Crippen LogP contribution in [0.4, 0.5) is 0 Å². The summed E-state index contributed by atoms with van der Waals surface area (Å²) in [5, 5.41) is 3.92. The Labute approximate surface area is 126 Å². The lowest BCUT2D eigenvalue weighted by Crippen LogP contribution is -2.33. The minimum Gasteiger partial charge on any atom is -0.338 e. The van der Waals surface area contributed by atoms with Crippen LogP contribution in [0.25, 0.3) is 0 Å². The van der Waals surface area contributed by atoms with Crippen molar-refractivity contribution in [3.05, 3.63) is 33.3 Å². The highest BCUT2D eigenvalue weighted by Gasteiger charge is 2.42. The second-order valence-electron chi connectivity index (χ2n) is 5.53. The van der Waals surface area contributed by atoms with E-state index in [2.05, 4.69) is 21.2 Å². The molecule has 1 aromatic rings. The molecule has 5 heteroatoms. The van der Waals surface area contributed by atoms with Crippen molar-refractivity contribution in [3.63, 3.8) is 0 Å². The Hall–Kier alpha value is -0.580. The van der Waals surface area contributed by atoms with Gasteiger partial charge in [0.25, 0.3) is 5.91 Å². The first-order valence-electron chi connectivity index (χ1n) is 6.55. The lowest BCUT2D eigenvalue weighted by molar-refractivity contribution is 0.0776. The van der Waals surface area contributed by atoms with E-state index in [-0.39, 0.29) is 5.91 Å². The van der Waals surface area contributed by atoms with Crippen molar-refractivity contribution in [2.45, 2.75) is 12.8 Å². The van der Waals surface area contributed by atoms with Gasteiger partial charge in [0.1, 0.15) is 0 Å². The summed E-state index contributed by atoms with van der Waals surface area (Å²) in [4.78, 5) is 14.5. The van der Waals surface area contributed by atoms with E-state index < -0.39 is 0 Å². The van der Waals surface area contributed by atoms with Crippen LogP contribution in [-0.4, -0.2) is 37.0 Å². The quantitative estimate of drug-likeness (QED) is 0.850. The Morgan fingerprint density at radius 2 is 2.26 bits per heavy atom. The molecule has 2 fully saturated rings. The fraction of sp³-hybridized carbons (Fsp3) is 0.500. The predicted molar refractivity (Wildman–Crippen MR) is 79.6 cm³/mol. The number of rotatable bonds is 1. The third-order valence-corrected chi connectivity index (χ3v) is 5.03. The Kier molecular flexibility index (Phi) is 3.58. The first-order valence-corrected chi connectivity index (χ1v) is 7.72. The van der Waals surface area contributed by atoms with Crippen molar-refractivity contribution in [2.75, 3.05) is 26.2 Å². The zero-order valence-electron chi connectivity index (χ0n) is 10.6. The fourth-order valence-electron chi connectivity index (χ4n) is 3.09. The Morgan fingerprint density at radius 1 is 1.42 bits per heavy atom. The van der Waals surface area contributed by atoms with Crippen molar-refractivity contribution < 1.29 is 4.79 Å². The van der Waals surface area contributed by atoms with Crippen LogP contribution in [0.15, 0.2) is 22.7 Å². The molecule has 1 unspecified atom stereocenters. The zero-order chi connectivity index (χ0) is 13.5. The molecule has 1 aromatic carbocycles. The highest BCUT2D eigenvalue weighted by atomic mass is 79.9. The Balaban J connectivity index is 1.78. The summed E-state index contributed by atoms with van der Waals surface area (Å²) in [5.41, 5.74) is 0.908. The predicted octanol–water partition coefficient (Wildman–Crippen LogP) is 2.93. The first-order chi connectivity index (χ1) is 9.10. The third kappa shape index (κ3) is 2.54. The van der Waals surface area contributed by atoms with Gasteiger partial charge in [-0.05, 0) is 37.6 Å². The minimum absolute atomic E-state index is 0.0567. The first kappa shape index (κ1) is 13.4. The van der Waals surface area contributed by atoms with Crippen LogP contribution in [0.3, 0.4) is 0 Å². The lowest BCUT2D eigenvalue weighted by Gasteiger charge is -2.23. The number of hydrogen-bond donors (Lipinski definition) is 1. The van der Waals surface area contributed by atoms with Crippen LogP contribution in [0.1, 0.15) is 23.2 Å². The van der Waals surface area contributed by atoms with E-state index in [1.54, 1.807) is 12.1 Å². The smallest absolute Gasteiger partial charge is 0.255 e. The average Bonchev–Trinajstić information content (AvgIpc) is 3.00. The van der Waals surface area contributed by atoms with Crippen molar-refractivity contribution in [1.29, 1.82) is 0 Å². The normalized spacial score (nSPS) is 26.3. The largest absolute Gasteiger partial charge is 0.338 e. The second kappa shape index (κ2) is 5.08. The number of carbonyl (C=O) groups is 1. The van der Waals surface area contributed by atoms with Crippen LogP contribution in [0, 0.1) is 5.41 Å². The van der Waals surface area contributed by atoms with Crippen LogP contribution in [-0.2, 0) is 0 Å². The molecule has 102 valence electrons. The summed E-state index contributed by atoms with van der Waals surface area (Å²) in [5.74, 6) is 0.0567. The zero-order valence-corrected chi connectivity index (χ0v) is 12.9. The highest BCUT2D eigenvalue weighted by molar-refractivity contribution is 9.10. The Bertz CT molecular complexity index is 514. The summed E-state index contributed by atoms with van der Waals surface area (Å²) in [7, 11) is 0. The van der Waals surface area contributed by atoms with Crippen LogP contribution in [0.5, 0.6) is 0 Å². The molecule has 2 heterocycles. The van der Waals surface area contributed by atoms with E-state index in [0.29, 0.717) is 16.0 Å². The van der Waals surface area contributed by atoms with Crippen molar-refractivity contribution in [3.8, 4) is 0 Å². The van der Waals surface area contributed by atoms with Gasteiger partial charge in [-0.3, -0.25) is 4.79 Å². The van der Waals surface area contributed by atoms with Gasteiger partial charge in [0, 0.05) is 29.5 Å². The van der Waals surface area contributed by atoms with E-state index in [0.717, 1.165) is 37.1 Å². The van der Waals surface area contributed by atoms with E-state index >= 15 is 0 Å². The van der Waals surface area contributed by atoms with Crippen LogP contribution >= 0.6 is 27.5 Å². The molecule has 0 aromatic heterocycles. The van der Waals surface area contributed by atoms with Crippen LogP contribution in [0.2, 0.25) is 5.02 Å². The van der Waals surface area contributed by atoms with Gasteiger partial charge in [-0.2, -0.15) is 0 Å². The molecular weight excluding hydrogens is 328 g/mol. The van der Waals surface area contributed by atoms with Gasteiger partial charge in [-0.15, -0.1) is 0 Å². The molecule has 2 aliphatic heterocycles. The molecule has 1 amide bonds. The van der Waals surface area contributed by atoms with Gasteiger partial charge in [0.2, 0.25) is 0 Å². The maximum Gasteiger partial charge on any atom is 0.255 e. The number of hydrogen-bond acceptors (Lipinski definition) is 2. The Morgan fingerprint density at radius 3 is 2.95 bits per heavy atom. The van der Waals surface area contributed by atoms with Gasteiger partial charge in [0.15, 0.2) is 0 Å². The number of carbonyl (C=O) groups excluding carboxylic acids is 1. The molecule has 0 saturated carbocycles. The summed E-state index contributed by atoms with van der Waals surface area (Å²) < 4.78 is 0.895. The number of amides is 1. The standard InChI is InChI=1S/C14H16BrClN2O/c15-10-1-2-11(12(16)7-10)13(19)18-6-4-14(9-18)3-5-17-8-14/h1-2,7,17H,3-6,8-9H2. The molecule has 2 saturated heterocycles. The summed E-state index contributed by atoms with van der Waals surface area (Å²) in [6, 6.07) is 5.44. The number of benzene rings is 1. The minimum atomic E-state index is 0.0567. The summed E-state index contributed by atoms with van der Waals surface area (Å²) >= 11 is 9.52. The van der Waals surface area contributed by atoms with Crippen molar-refractivity contribution in [2.24, 2.45) is 5.41 Å². The number of nitrogens with one attached hydrogen (secondary N) is 1. The molecule has 0 radical (unpaired) electrons.